The molecule has 0 bridgehead atoms. The van der Waals surface area contributed by atoms with E-state index in [-0.39, 0.29) is 10.8 Å². The van der Waals surface area contributed by atoms with E-state index in [0.717, 1.165) is 11.3 Å². The van der Waals surface area contributed by atoms with Gasteiger partial charge in [-0.3, -0.25) is 4.79 Å². The van der Waals surface area contributed by atoms with Crippen molar-refractivity contribution in [2.24, 2.45) is 10.9 Å². The minimum absolute atomic E-state index is 0.221. The first kappa shape index (κ1) is 24.8. The molecular weight excluding hydrogens is 494 g/mol. The summed E-state index contributed by atoms with van der Waals surface area (Å²) in [7, 11) is -3.59. The Kier molecular flexibility index (Phi) is 7.67. The number of rotatable bonds is 6. The molecule has 180 valence electrons. The molecule has 0 saturated carbocycles. The lowest BCUT2D eigenvalue weighted by Crippen LogP contribution is -2.49. The average molecular weight is 520 g/mol. The van der Waals surface area contributed by atoms with Crippen molar-refractivity contribution in [2.75, 3.05) is 32.8 Å². The first-order valence-corrected chi connectivity index (χ1v) is 13.6. The number of halogens is 1. The number of carbonyl (C=O) groups excluding carboxylic acids is 1. The molecule has 0 N–H and O–H groups in total. The van der Waals surface area contributed by atoms with Crippen molar-refractivity contribution in [3.05, 3.63) is 64.0 Å². The molecule has 2 heterocycles. The van der Waals surface area contributed by atoms with Crippen LogP contribution in [-0.4, -0.2) is 61.5 Å². The van der Waals surface area contributed by atoms with Crippen LogP contribution in [0.25, 0.3) is 6.08 Å². The monoisotopic (exact) mass is 519 g/mol. The molecule has 1 saturated heterocycles. The largest absolute Gasteiger partial charge is 0.493 e. The Morgan fingerprint density at radius 2 is 1.71 bits per heavy atom. The first-order valence-electron chi connectivity index (χ1n) is 11.0. The lowest BCUT2D eigenvalue weighted by Gasteiger charge is -2.34. The zero-order valence-electron chi connectivity index (χ0n) is 19.0. The van der Waals surface area contributed by atoms with Crippen LogP contribution in [0.2, 0.25) is 5.02 Å². The summed E-state index contributed by atoms with van der Waals surface area (Å²) in [6, 6.07) is 13.8. The maximum atomic E-state index is 12.9. The summed E-state index contributed by atoms with van der Waals surface area (Å²) in [5.41, 5.74) is 0.892. The number of ether oxygens (including phenoxy) is 1. The number of hydrogen-bond donors (Lipinski definition) is 0. The van der Waals surface area contributed by atoms with E-state index in [9.17, 15) is 13.2 Å². The lowest BCUT2D eigenvalue weighted by molar-refractivity contribution is -0.113. The summed E-state index contributed by atoms with van der Waals surface area (Å²) in [5.74, 6) is 0.963. The van der Waals surface area contributed by atoms with Gasteiger partial charge >= 0.3 is 0 Å². The van der Waals surface area contributed by atoms with E-state index in [4.69, 9.17) is 16.3 Å². The van der Waals surface area contributed by atoms with Crippen molar-refractivity contribution in [2.45, 2.75) is 18.7 Å². The van der Waals surface area contributed by atoms with Crippen LogP contribution in [0.4, 0.5) is 0 Å². The molecule has 1 fully saturated rings. The SMILES string of the molecule is CC(C)COc1ccc(/C=C2\SC(N3CCN(S(=O)(=O)c4ccc(Cl)cc4)CC3)=NC2=O)cc1. The molecule has 0 radical (unpaired) electrons. The van der Waals surface area contributed by atoms with E-state index in [1.54, 1.807) is 12.1 Å². The molecule has 4 rings (SSSR count). The molecule has 2 aliphatic rings. The van der Waals surface area contributed by atoms with Crippen LogP contribution in [0, 0.1) is 5.92 Å². The second kappa shape index (κ2) is 10.5. The van der Waals surface area contributed by atoms with Crippen LogP contribution in [0.15, 0.2) is 63.3 Å². The van der Waals surface area contributed by atoms with Gasteiger partial charge < -0.3 is 9.64 Å². The van der Waals surface area contributed by atoms with E-state index < -0.39 is 10.0 Å². The smallest absolute Gasteiger partial charge is 0.286 e. The Morgan fingerprint density at radius 3 is 2.32 bits per heavy atom. The highest BCUT2D eigenvalue weighted by atomic mass is 35.5. The van der Waals surface area contributed by atoms with Gasteiger partial charge in [0.1, 0.15) is 5.75 Å². The molecule has 2 aromatic carbocycles. The minimum Gasteiger partial charge on any atom is -0.493 e. The third-order valence-electron chi connectivity index (χ3n) is 5.33. The van der Waals surface area contributed by atoms with Gasteiger partial charge in [0, 0.05) is 31.2 Å². The minimum atomic E-state index is -3.59. The van der Waals surface area contributed by atoms with E-state index in [0.29, 0.717) is 53.8 Å². The van der Waals surface area contributed by atoms with Crippen LogP contribution in [0.1, 0.15) is 19.4 Å². The highest BCUT2D eigenvalue weighted by Crippen LogP contribution is 2.31. The number of amidine groups is 1. The number of aliphatic imine (C=N–C) groups is 1. The third kappa shape index (κ3) is 5.83. The highest BCUT2D eigenvalue weighted by Gasteiger charge is 2.32. The number of hydrogen-bond acceptors (Lipinski definition) is 6. The maximum absolute atomic E-state index is 12.9. The van der Waals surface area contributed by atoms with Crippen molar-refractivity contribution in [3.8, 4) is 5.75 Å². The summed E-state index contributed by atoms with van der Waals surface area (Å²) in [6.07, 6.45) is 1.82. The molecular formula is C24H26ClN3O4S2. The fraction of sp³-hybridized carbons (Fsp3) is 0.333. The lowest BCUT2D eigenvalue weighted by atomic mass is 10.2. The molecule has 2 aliphatic heterocycles. The van der Waals surface area contributed by atoms with Gasteiger partial charge in [0.2, 0.25) is 10.0 Å². The number of amides is 1. The maximum Gasteiger partial charge on any atom is 0.286 e. The van der Waals surface area contributed by atoms with Crippen LogP contribution >= 0.6 is 23.4 Å². The van der Waals surface area contributed by atoms with E-state index in [2.05, 4.69) is 18.8 Å². The zero-order valence-corrected chi connectivity index (χ0v) is 21.4. The van der Waals surface area contributed by atoms with Crippen molar-refractivity contribution in [3.63, 3.8) is 0 Å². The quantitative estimate of drug-likeness (QED) is 0.528. The zero-order chi connectivity index (χ0) is 24.3. The molecule has 0 aliphatic carbocycles. The van der Waals surface area contributed by atoms with E-state index >= 15 is 0 Å². The molecule has 0 spiro atoms. The summed E-state index contributed by atoms with van der Waals surface area (Å²) >= 11 is 7.19. The van der Waals surface area contributed by atoms with Crippen LogP contribution in [0.3, 0.4) is 0 Å². The molecule has 0 atom stereocenters. The van der Waals surface area contributed by atoms with Gasteiger partial charge in [0.05, 0.1) is 16.4 Å². The van der Waals surface area contributed by atoms with Gasteiger partial charge in [-0.1, -0.05) is 37.6 Å². The van der Waals surface area contributed by atoms with Crippen molar-refractivity contribution < 1.29 is 17.9 Å². The van der Waals surface area contributed by atoms with Crippen molar-refractivity contribution in [1.29, 1.82) is 0 Å². The summed E-state index contributed by atoms with van der Waals surface area (Å²) in [4.78, 5) is 19.4. The molecule has 2 aromatic rings. The number of sulfonamides is 1. The second-order valence-electron chi connectivity index (χ2n) is 8.43. The number of benzene rings is 2. The predicted octanol–water partition coefficient (Wildman–Crippen LogP) is 4.35. The molecule has 34 heavy (non-hydrogen) atoms. The number of carbonyl (C=O) groups is 1. The number of thioether (sulfide) groups is 1. The van der Waals surface area contributed by atoms with Crippen LogP contribution in [0.5, 0.6) is 5.75 Å². The van der Waals surface area contributed by atoms with Gasteiger partial charge in [-0.15, -0.1) is 0 Å². The van der Waals surface area contributed by atoms with Gasteiger partial charge in [-0.25, -0.2) is 8.42 Å². The van der Waals surface area contributed by atoms with Gasteiger partial charge in [-0.05, 0) is 65.7 Å². The Hall–Kier alpha value is -2.33. The van der Waals surface area contributed by atoms with Crippen molar-refractivity contribution in [1.82, 2.24) is 9.21 Å². The Bertz CT molecular complexity index is 1200. The Labute approximate surface area is 209 Å². The van der Waals surface area contributed by atoms with Gasteiger partial charge in [0.15, 0.2) is 5.17 Å². The molecule has 7 nitrogen and oxygen atoms in total. The molecule has 0 aromatic heterocycles. The van der Waals surface area contributed by atoms with E-state index in [1.807, 2.05) is 35.2 Å². The fourth-order valence-electron chi connectivity index (χ4n) is 3.48. The topological polar surface area (TPSA) is 79.3 Å². The normalized spacial score (nSPS) is 18.6. The van der Waals surface area contributed by atoms with Crippen LogP contribution < -0.4 is 4.74 Å². The average Bonchev–Trinajstić information content (AvgIpc) is 3.19. The Morgan fingerprint density at radius 1 is 1.06 bits per heavy atom. The highest BCUT2D eigenvalue weighted by molar-refractivity contribution is 8.18. The fourth-order valence-corrected chi connectivity index (χ4v) is 6.00. The predicted molar refractivity (Wildman–Crippen MR) is 137 cm³/mol. The van der Waals surface area contributed by atoms with Gasteiger partial charge in [0.25, 0.3) is 5.91 Å². The van der Waals surface area contributed by atoms with E-state index in [1.165, 1.54) is 28.2 Å². The number of piperazine rings is 1. The van der Waals surface area contributed by atoms with Crippen LogP contribution in [-0.2, 0) is 14.8 Å². The first-order chi connectivity index (χ1) is 16.2. The van der Waals surface area contributed by atoms with Gasteiger partial charge in [-0.2, -0.15) is 9.30 Å². The standard InChI is InChI=1S/C24H26ClN3O4S2/c1-17(2)16-32-20-7-3-18(4-8-20)15-22-23(29)26-24(33-22)27-11-13-28(14-12-27)34(30,31)21-9-5-19(25)6-10-21/h3-10,15,17H,11-14,16H2,1-2H3/b22-15-. The molecule has 1 amide bonds. The third-order valence-corrected chi connectivity index (χ3v) is 8.54. The number of nitrogens with zero attached hydrogens (tertiary/aromatic N) is 3. The summed E-state index contributed by atoms with van der Waals surface area (Å²) < 4.78 is 32.9. The Balaban J connectivity index is 1.35. The molecule has 10 heteroatoms. The second-order valence-corrected chi connectivity index (χ2v) is 11.8. The summed E-state index contributed by atoms with van der Waals surface area (Å²) in [6.45, 7) is 6.39. The molecule has 0 unspecified atom stereocenters. The summed E-state index contributed by atoms with van der Waals surface area (Å²) in [5, 5.41) is 1.10. The van der Waals surface area contributed by atoms with Crippen molar-refractivity contribution >= 4 is 50.5 Å².